The van der Waals surface area contributed by atoms with Gasteiger partial charge in [0.15, 0.2) is 0 Å². The summed E-state index contributed by atoms with van der Waals surface area (Å²) in [5.74, 6) is 0.597. The van der Waals surface area contributed by atoms with Crippen LogP contribution in [0.4, 0.5) is 0 Å². The zero-order valence-corrected chi connectivity index (χ0v) is 18.8. The number of unbranched alkanes of at least 4 members (excludes halogenated alkanes) is 7. The number of hydrogen-bond donors (Lipinski definition) is 1. The van der Waals surface area contributed by atoms with Crippen molar-refractivity contribution in [3.8, 4) is 0 Å². The average molecular weight is 447 g/mol. The highest BCUT2D eigenvalue weighted by atomic mass is 127. The van der Waals surface area contributed by atoms with Gasteiger partial charge in [-0.15, -0.1) is 30.6 Å². The van der Waals surface area contributed by atoms with Crippen LogP contribution in [0, 0.1) is 5.92 Å². The molecular formula is C22H42IN. The van der Waals surface area contributed by atoms with Gasteiger partial charge in [0.05, 0.1) is 0 Å². The lowest BCUT2D eigenvalue weighted by Gasteiger charge is -2.26. The molecule has 0 saturated heterocycles. The SMILES string of the molecule is C=CCCCCC=CCCCCC=CCCCC(C)C(C)(C)N.I. The monoisotopic (exact) mass is 447 g/mol. The molecule has 2 heteroatoms. The minimum absolute atomic E-state index is 0. The summed E-state index contributed by atoms with van der Waals surface area (Å²) >= 11 is 0. The third kappa shape index (κ3) is 18.3. The lowest BCUT2D eigenvalue weighted by atomic mass is 9.86. The average Bonchev–Trinajstić information content (AvgIpc) is 2.50. The van der Waals surface area contributed by atoms with E-state index in [4.69, 9.17) is 5.73 Å². The Morgan fingerprint density at radius 2 is 1.17 bits per heavy atom. The molecule has 0 aromatic heterocycles. The van der Waals surface area contributed by atoms with Crippen LogP contribution in [0.15, 0.2) is 37.0 Å². The Labute approximate surface area is 169 Å². The molecule has 0 rings (SSSR count). The van der Waals surface area contributed by atoms with Crippen molar-refractivity contribution in [2.75, 3.05) is 0 Å². The lowest BCUT2D eigenvalue weighted by molar-refractivity contribution is 0.321. The second-order valence-corrected chi connectivity index (χ2v) is 7.45. The minimum Gasteiger partial charge on any atom is -0.325 e. The van der Waals surface area contributed by atoms with Crippen molar-refractivity contribution >= 4 is 24.0 Å². The Balaban J connectivity index is 0. The molecule has 0 aromatic carbocycles. The molecule has 1 atom stereocenters. The van der Waals surface area contributed by atoms with Crippen LogP contribution in [-0.2, 0) is 0 Å². The van der Waals surface area contributed by atoms with Crippen molar-refractivity contribution in [3.63, 3.8) is 0 Å². The molecule has 2 N–H and O–H groups in total. The van der Waals surface area contributed by atoms with Gasteiger partial charge >= 0.3 is 0 Å². The first-order valence-corrected chi connectivity index (χ1v) is 9.68. The molecule has 0 bridgehead atoms. The Bertz CT molecular complexity index is 325. The fourth-order valence-corrected chi connectivity index (χ4v) is 2.46. The largest absolute Gasteiger partial charge is 0.325 e. The van der Waals surface area contributed by atoms with E-state index < -0.39 is 0 Å². The second-order valence-electron chi connectivity index (χ2n) is 7.45. The summed E-state index contributed by atoms with van der Waals surface area (Å²) in [4.78, 5) is 0. The summed E-state index contributed by atoms with van der Waals surface area (Å²) < 4.78 is 0. The topological polar surface area (TPSA) is 26.0 Å². The lowest BCUT2D eigenvalue weighted by Crippen LogP contribution is -2.39. The molecule has 0 saturated carbocycles. The highest BCUT2D eigenvalue weighted by Crippen LogP contribution is 2.19. The van der Waals surface area contributed by atoms with Crippen molar-refractivity contribution in [2.24, 2.45) is 11.7 Å². The van der Waals surface area contributed by atoms with E-state index in [9.17, 15) is 0 Å². The number of hydrogen-bond acceptors (Lipinski definition) is 1. The third-order valence-electron chi connectivity index (χ3n) is 4.63. The van der Waals surface area contributed by atoms with Crippen molar-refractivity contribution in [3.05, 3.63) is 37.0 Å². The third-order valence-corrected chi connectivity index (χ3v) is 4.63. The van der Waals surface area contributed by atoms with Crippen LogP contribution in [0.2, 0.25) is 0 Å². The molecule has 1 unspecified atom stereocenters. The molecule has 0 heterocycles. The fourth-order valence-electron chi connectivity index (χ4n) is 2.46. The molecule has 24 heavy (non-hydrogen) atoms. The number of nitrogens with two attached hydrogens (primary N) is 1. The van der Waals surface area contributed by atoms with Crippen LogP contribution >= 0.6 is 24.0 Å². The van der Waals surface area contributed by atoms with Gasteiger partial charge < -0.3 is 5.73 Å². The van der Waals surface area contributed by atoms with E-state index in [2.05, 4.69) is 51.7 Å². The van der Waals surface area contributed by atoms with Gasteiger partial charge in [-0.25, -0.2) is 0 Å². The Kier molecular flexibility index (Phi) is 19.3. The first-order valence-electron chi connectivity index (χ1n) is 9.68. The molecule has 0 fully saturated rings. The zero-order chi connectivity index (χ0) is 17.4. The molecule has 0 aliphatic carbocycles. The molecule has 1 nitrogen and oxygen atoms in total. The molecule has 0 radical (unpaired) electrons. The van der Waals surface area contributed by atoms with E-state index in [0.29, 0.717) is 5.92 Å². The van der Waals surface area contributed by atoms with Gasteiger partial charge in [-0.3, -0.25) is 0 Å². The smallest absolute Gasteiger partial charge is 0.0123 e. The number of allylic oxidation sites excluding steroid dienone is 5. The Morgan fingerprint density at radius 1 is 0.792 bits per heavy atom. The van der Waals surface area contributed by atoms with E-state index in [1.54, 1.807) is 0 Å². The zero-order valence-electron chi connectivity index (χ0n) is 16.4. The van der Waals surface area contributed by atoms with Gasteiger partial charge in [0.2, 0.25) is 0 Å². The Hall–Kier alpha value is -0.0900. The highest BCUT2D eigenvalue weighted by molar-refractivity contribution is 14.0. The van der Waals surface area contributed by atoms with Crippen LogP contribution < -0.4 is 5.73 Å². The highest BCUT2D eigenvalue weighted by Gasteiger charge is 2.19. The van der Waals surface area contributed by atoms with Gasteiger partial charge in [-0.2, -0.15) is 0 Å². The number of halogens is 1. The van der Waals surface area contributed by atoms with Crippen molar-refractivity contribution < 1.29 is 0 Å². The predicted molar refractivity (Wildman–Crippen MR) is 122 cm³/mol. The van der Waals surface area contributed by atoms with Crippen molar-refractivity contribution in [2.45, 2.75) is 96.9 Å². The summed E-state index contributed by atoms with van der Waals surface area (Å²) in [6.07, 6.45) is 25.1. The first-order chi connectivity index (χ1) is 11.0. The maximum absolute atomic E-state index is 6.11. The molecule has 0 amide bonds. The molecule has 0 spiro atoms. The standard InChI is InChI=1S/C22H41N.HI/c1-5-6-7-8-9-10-11-12-13-14-15-16-17-18-19-20-21(2)22(3,4)23;/h5,10-11,16-17,21H,1,6-9,12-15,18-20,23H2,2-4H3;1H. The summed E-state index contributed by atoms with van der Waals surface area (Å²) in [5, 5.41) is 0. The normalized spacial score (nSPS) is 13.3. The quantitative estimate of drug-likeness (QED) is 0.156. The molecule has 0 aromatic rings. The maximum atomic E-state index is 6.11. The summed E-state index contributed by atoms with van der Waals surface area (Å²) in [7, 11) is 0. The fraction of sp³-hybridized carbons (Fsp3) is 0.727. The van der Waals surface area contributed by atoms with Gasteiger partial charge in [0, 0.05) is 5.54 Å². The van der Waals surface area contributed by atoms with E-state index in [0.717, 1.165) is 6.42 Å². The number of rotatable bonds is 15. The van der Waals surface area contributed by atoms with E-state index in [1.165, 1.54) is 64.2 Å². The van der Waals surface area contributed by atoms with Crippen LogP contribution in [0.5, 0.6) is 0 Å². The Morgan fingerprint density at radius 3 is 1.54 bits per heavy atom. The van der Waals surface area contributed by atoms with E-state index in [1.807, 2.05) is 6.08 Å². The summed E-state index contributed by atoms with van der Waals surface area (Å²) in [6, 6.07) is 0. The first kappa shape index (κ1) is 26.1. The van der Waals surface area contributed by atoms with Gasteiger partial charge in [-0.05, 0) is 90.4 Å². The molecule has 0 aliphatic rings. The van der Waals surface area contributed by atoms with Crippen LogP contribution in [0.1, 0.15) is 91.4 Å². The van der Waals surface area contributed by atoms with E-state index in [-0.39, 0.29) is 29.5 Å². The van der Waals surface area contributed by atoms with Crippen LogP contribution in [0.3, 0.4) is 0 Å². The van der Waals surface area contributed by atoms with Crippen molar-refractivity contribution in [1.82, 2.24) is 0 Å². The van der Waals surface area contributed by atoms with Crippen molar-refractivity contribution in [1.29, 1.82) is 0 Å². The maximum Gasteiger partial charge on any atom is 0.0123 e. The minimum atomic E-state index is -0.0388. The summed E-state index contributed by atoms with van der Waals surface area (Å²) in [5.41, 5.74) is 6.07. The van der Waals surface area contributed by atoms with Gasteiger partial charge in [-0.1, -0.05) is 37.3 Å². The predicted octanol–water partition coefficient (Wildman–Crippen LogP) is 7.57. The van der Waals surface area contributed by atoms with Crippen LogP contribution in [-0.4, -0.2) is 5.54 Å². The van der Waals surface area contributed by atoms with Gasteiger partial charge in [0.25, 0.3) is 0 Å². The second kappa shape index (κ2) is 17.7. The summed E-state index contributed by atoms with van der Waals surface area (Å²) in [6.45, 7) is 10.3. The van der Waals surface area contributed by atoms with Gasteiger partial charge in [0.1, 0.15) is 0 Å². The molecule has 142 valence electrons. The molecular weight excluding hydrogens is 405 g/mol. The van der Waals surface area contributed by atoms with E-state index >= 15 is 0 Å². The molecule has 0 aliphatic heterocycles. The van der Waals surface area contributed by atoms with Crippen LogP contribution in [0.25, 0.3) is 0 Å².